The van der Waals surface area contributed by atoms with E-state index >= 15 is 0 Å². The van der Waals surface area contributed by atoms with Gasteiger partial charge in [-0.3, -0.25) is 9.79 Å². The van der Waals surface area contributed by atoms with E-state index in [0.717, 1.165) is 11.8 Å². The number of amides is 1. The highest BCUT2D eigenvalue weighted by Crippen LogP contribution is 2.34. The van der Waals surface area contributed by atoms with Crippen LogP contribution in [0.2, 0.25) is 10.0 Å². The van der Waals surface area contributed by atoms with Crippen molar-refractivity contribution in [3.05, 3.63) is 52.4 Å². The second-order valence-corrected chi connectivity index (χ2v) is 8.47. The lowest BCUT2D eigenvalue weighted by Gasteiger charge is -2.30. The van der Waals surface area contributed by atoms with Gasteiger partial charge in [0.05, 0.1) is 16.3 Å². The number of carbonyl (C=O) groups excluding carboxylic acids is 1. The maximum Gasteiger partial charge on any atom is 0.408 e. The van der Waals surface area contributed by atoms with Gasteiger partial charge in [-0.15, -0.1) is 0 Å². The largest absolute Gasteiger partial charge is 0.467 e. The Morgan fingerprint density at radius 3 is 2.77 bits per heavy atom. The van der Waals surface area contributed by atoms with Crippen LogP contribution in [0.1, 0.15) is 31.1 Å². The zero-order chi connectivity index (χ0) is 21.7. The van der Waals surface area contributed by atoms with Crippen LogP contribution in [-0.2, 0) is 4.79 Å². The molecular weight excluding hydrogens is 462 g/mol. The van der Waals surface area contributed by atoms with Gasteiger partial charge >= 0.3 is 6.18 Å². The van der Waals surface area contributed by atoms with E-state index in [1.165, 1.54) is 6.26 Å². The zero-order valence-corrected chi connectivity index (χ0v) is 17.8. The van der Waals surface area contributed by atoms with Crippen molar-refractivity contribution in [1.82, 2.24) is 5.32 Å². The average Bonchev–Trinajstić information content (AvgIpc) is 3.22. The highest BCUT2D eigenvalue weighted by atomic mass is 35.5. The molecule has 0 spiro atoms. The molecule has 2 heterocycles. The number of thioether (sulfide) groups is 1. The standard InChI is InChI=1S/C19H18Cl2F3N3O2S/c20-12-6-5-11(9-13(12)21)25-17(28)4-2-8-30-18-26-14(15-3-1-7-29-15)10-16(27-18)19(22,23)24/h1,3,5-7,9,14,16H,2,4,8,10H2,(H,25,28)(H,26,27)/t14-,16+/m0/s1. The Labute approximate surface area is 185 Å². The van der Waals surface area contributed by atoms with E-state index in [0.29, 0.717) is 33.7 Å². The van der Waals surface area contributed by atoms with E-state index in [4.69, 9.17) is 27.6 Å². The van der Waals surface area contributed by atoms with Crippen LogP contribution >= 0.6 is 35.0 Å². The number of benzene rings is 1. The lowest BCUT2D eigenvalue weighted by atomic mass is 10.0. The summed E-state index contributed by atoms with van der Waals surface area (Å²) >= 11 is 12.9. The molecule has 0 bridgehead atoms. The molecule has 162 valence electrons. The van der Waals surface area contributed by atoms with E-state index in [2.05, 4.69) is 15.6 Å². The number of amidine groups is 1. The number of nitrogens with zero attached hydrogens (tertiary/aromatic N) is 1. The molecule has 2 N–H and O–H groups in total. The van der Waals surface area contributed by atoms with Crippen molar-refractivity contribution in [2.45, 2.75) is 37.5 Å². The van der Waals surface area contributed by atoms with Crippen LogP contribution < -0.4 is 10.6 Å². The molecule has 1 aliphatic heterocycles. The Kier molecular flexibility index (Phi) is 7.60. The maximum absolute atomic E-state index is 13.3. The Hall–Kier alpha value is -1.84. The molecule has 1 aliphatic rings. The number of hydrogen-bond donors (Lipinski definition) is 2. The van der Waals surface area contributed by atoms with Crippen molar-refractivity contribution in [1.29, 1.82) is 0 Å². The molecule has 0 saturated carbocycles. The van der Waals surface area contributed by atoms with Crippen molar-refractivity contribution in [3.8, 4) is 0 Å². The summed E-state index contributed by atoms with van der Waals surface area (Å²) in [4.78, 5) is 16.4. The fraction of sp³-hybridized carbons (Fsp3) is 0.368. The molecule has 0 fully saturated rings. The predicted octanol–water partition coefficient (Wildman–Crippen LogP) is 6.06. The van der Waals surface area contributed by atoms with Crippen LogP contribution in [-0.4, -0.2) is 29.0 Å². The third-order valence-electron chi connectivity index (χ3n) is 4.29. The van der Waals surface area contributed by atoms with Crippen LogP contribution in [0.3, 0.4) is 0 Å². The number of nitrogens with one attached hydrogen (secondary N) is 2. The van der Waals surface area contributed by atoms with Crippen LogP contribution in [0.4, 0.5) is 18.9 Å². The quantitative estimate of drug-likeness (QED) is 0.494. The third-order valence-corrected chi connectivity index (χ3v) is 6.02. The van der Waals surface area contributed by atoms with Crippen LogP contribution in [0.5, 0.6) is 0 Å². The molecule has 5 nitrogen and oxygen atoms in total. The van der Waals surface area contributed by atoms with Crippen molar-refractivity contribution < 1.29 is 22.4 Å². The summed E-state index contributed by atoms with van der Waals surface area (Å²) < 4.78 is 45.0. The Morgan fingerprint density at radius 1 is 1.30 bits per heavy atom. The van der Waals surface area contributed by atoms with E-state index < -0.39 is 18.3 Å². The number of hydrogen-bond acceptors (Lipinski definition) is 5. The summed E-state index contributed by atoms with van der Waals surface area (Å²) in [6, 6.07) is 5.59. The number of rotatable bonds is 6. The Morgan fingerprint density at radius 2 is 2.10 bits per heavy atom. The first-order chi connectivity index (χ1) is 14.2. The number of alkyl halides is 3. The highest BCUT2D eigenvalue weighted by Gasteiger charge is 2.44. The van der Waals surface area contributed by atoms with Crippen LogP contribution in [0.25, 0.3) is 0 Å². The summed E-state index contributed by atoms with van der Waals surface area (Å²) in [5.74, 6) is 0.592. The van der Waals surface area contributed by atoms with Crippen LogP contribution in [0.15, 0.2) is 46.0 Å². The number of anilines is 1. The lowest BCUT2D eigenvalue weighted by molar-refractivity contribution is -0.155. The monoisotopic (exact) mass is 479 g/mol. The highest BCUT2D eigenvalue weighted by molar-refractivity contribution is 8.13. The summed E-state index contributed by atoms with van der Waals surface area (Å²) in [5.41, 5.74) is 0.523. The van der Waals surface area contributed by atoms with Crippen molar-refractivity contribution in [2.75, 3.05) is 11.1 Å². The molecule has 0 aliphatic carbocycles. The molecule has 0 radical (unpaired) electrons. The fourth-order valence-corrected chi connectivity index (χ4v) is 4.02. The number of aliphatic imine (C=N–C) groups is 1. The number of carbonyl (C=O) groups is 1. The van der Waals surface area contributed by atoms with Crippen molar-refractivity contribution >= 4 is 51.7 Å². The topological polar surface area (TPSA) is 66.6 Å². The molecular formula is C19H18Cl2F3N3O2S. The molecule has 0 saturated heterocycles. The second kappa shape index (κ2) is 9.98. The van der Waals surface area contributed by atoms with Crippen molar-refractivity contribution in [3.63, 3.8) is 0 Å². The van der Waals surface area contributed by atoms with Gasteiger partial charge in [0.2, 0.25) is 5.91 Å². The first-order valence-corrected chi connectivity index (χ1v) is 10.8. The van der Waals surface area contributed by atoms with Gasteiger partial charge in [-0.25, -0.2) is 0 Å². The van der Waals surface area contributed by atoms with Gasteiger partial charge in [-0.2, -0.15) is 13.2 Å². The first kappa shape index (κ1) is 22.8. The van der Waals surface area contributed by atoms with E-state index in [-0.39, 0.29) is 23.9 Å². The van der Waals surface area contributed by atoms with Gasteiger partial charge < -0.3 is 15.1 Å². The van der Waals surface area contributed by atoms with E-state index in [1.54, 1.807) is 30.3 Å². The zero-order valence-electron chi connectivity index (χ0n) is 15.5. The average molecular weight is 480 g/mol. The summed E-state index contributed by atoms with van der Waals surface area (Å²) in [6.45, 7) is 0. The molecule has 1 aromatic heterocycles. The smallest absolute Gasteiger partial charge is 0.408 e. The SMILES string of the molecule is O=C(CCCSC1=N[C@H](c2ccco2)C[C@H](C(F)(F)F)N1)Nc1ccc(Cl)c(Cl)c1. The molecule has 1 aromatic carbocycles. The first-order valence-electron chi connectivity index (χ1n) is 9.04. The Bertz CT molecular complexity index is 907. The minimum absolute atomic E-state index is 0.190. The minimum atomic E-state index is -4.40. The normalized spacial score (nSPS) is 19.2. The van der Waals surface area contributed by atoms with Gasteiger partial charge in [0.25, 0.3) is 0 Å². The number of halogens is 5. The van der Waals surface area contributed by atoms with Gasteiger partial charge in [-0.05, 0) is 36.8 Å². The summed E-state index contributed by atoms with van der Waals surface area (Å²) in [5, 5.41) is 6.05. The van der Waals surface area contributed by atoms with Gasteiger partial charge in [0.1, 0.15) is 17.8 Å². The summed E-state index contributed by atoms with van der Waals surface area (Å²) in [7, 11) is 0. The minimum Gasteiger partial charge on any atom is -0.467 e. The lowest BCUT2D eigenvalue weighted by Crippen LogP contribution is -2.48. The molecule has 2 atom stereocenters. The molecule has 1 amide bonds. The van der Waals surface area contributed by atoms with Crippen LogP contribution in [0, 0.1) is 0 Å². The molecule has 11 heteroatoms. The van der Waals surface area contributed by atoms with Gasteiger partial charge in [0, 0.05) is 24.3 Å². The molecule has 2 aromatic rings. The number of furan rings is 1. The van der Waals surface area contributed by atoms with E-state index in [9.17, 15) is 18.0 Å². The third kappa shape index (κ3) is 6.33. The predicted molar refractivity (Wildman–Crippen MR) is 113 cm³/mol. The summed E-state index contributed by atoms with van der Waals surface area (Å²) in [6.07, 6.45) is -2.56. The molecule has 0 unspecified atom stereocenters. The van der Waals surface area contributed by atoms with Gasteiger partial charge in [-0.1, -0.05) is 35.0 Å². The maximum atomic E-state index is 13.3. The molecule has 30 heavy (non-hydrogen) atoms. The van der Waals surface area contributed by atoms with E-state index in [1.807, 2.05) is 0 Å². The Balaban J connectivity index is 1.51. The molecule has 3 rings (SSSR count). The second-order valence-electron chi connectivity index (χ2n) is 6.57. The van der Waals surface area contributed by atoms with Gasteiger partial charge in [0.15, 0.2) is 5.17 Å². The fourth-order valence-electron chi connectivity index (χ4n) is 2.82. The van der Waals surface area contributed by atoms with Crippen molar-refractivity contribution in [2.24, 2.45) is 4.99 Å².